The molecule has 1 aliphatic rings. The molecule has 86 valence electrons. The van der Waals surface area contributed by atoms with E-state index in [1.807, 2.05) is 12.1 Å². The van der Waals surface area contributed by atoms with Gasteiger partial charge in [0, 0.05) is 0 Å². The van der Waals surface area contributed by atoms with E-state index in [1.165, 1.54) is 25.7 Å². The van der Waals surface area contributed by atoms with Crippen LogP contribution in [0.4, 0.5) is 0 Å². The predicted octanol–water partition coefficient (Wildman–Crippen LogP) is 3.68. The van der Waals surface area contributed by atoms with Gasteiger partial charge in [0.1, 0.15) is 0 Å². The van der Waals surface area contributed by atoms with Crippen LogP contribution in [0.3, 0.4) is 0 Å². The number of hydrogen-bond donors (Lipinski definition) is 1. The van der Waals surface area contributed by atoms with Gasteiger partial charge in [0.25, 0.3) is 0 Å². The number of hydrogen-bond acceptors (Lipinski definition) is 1. The van der Waals surface area contributed by atoms with Crippen LogP contribution in [-0.2, 0) is 0 Å². The Morgan fingerprint density at radius 2 is 1.94 bits per heavy atom. The fourth-order valence-corrected chi connectivity index (χ4v) is 2.80. The lowest BCUT2D eigenvalue weighted by Crippen LogP contribution is -2.11. The number of carbonyl (C=O) groups is 1. The average Bonchev–Trinajstić information content (AvgIpc) is 2.81. The molecule has 1 aromatic carbocycles. The van der Waals surface area contributed by atoms with Gasteiger partial charge in [-0.2, -0.15) is 0 Å². The van der Waals surface area contributed by atoms with Gasteiger partial charge in [-0.05, 0) is 36.3 Å². The van der Waals surface area contributed by atoms with Gasteiger partial charge in [-0.15, -0.1) is 0 Å². The number of aromatic carboxylic acids is 1. The van der Waals surface area contributed by atoms with Gasteiger partial charge in [-0.3, -0.25) is 0 Å². The summed E-state index contributed by atoms with van der Waals surface area (Å²) >= 11 is 0. The molecular formula is C14H18O2. The minimum atomic E-state index is -0.805. The van der Waals surface area contributed by atoms with Gasteiger partial charge in [-0.25, -0.2) is 4.79 Å². The second kappa shape index (κ2) is 4.69. The van der Waals surface area contributed by atoms with E-state index in [9.17, 15) is 4.79 Å². The third-order valence-corrected chi connectivity index (χ3v) is 3.79. The second-order valence-electron chi connectivity index (χ2n) is 4.73. The first kappa shape index (κ1) is 11.2. The normalized spacial score (nSPS) is 18.6. The van der Waals surface area contributed by atoms with E-state index >= 15 is 0 Å². The Kier molecular flexibility index (Phi) is 3.28. The molecule has 0 heterocycles. The molecule has 0 amide bonds. The highest BCUT2D eigenvalue weighted by atomic mass is 16.4. The second-order valence-corrected chi connectivity index (χ2v) is 4.73. The maximum atomic E-state index is 11.1. The number of carboxylic acid groups (broad SMARTS) is 1. The van der Waals surface area contributed by atoms with E-state index in [4.69, 9.17) is 5.11 Å². The minimum Gasteiger partial charge on any atom is -0.478 e. The van der Waals surface area contributed by atoms with Gasteiger partial charge >= 0.3 is 5.97 Å². The number of rotatable bonds is 3. The van der Waals surface area contributed by atoms with Crippen molar-refractivity contribution < 1.29 is 9.90 Å². The Morgan fingerprint density at radius 1 is 1.31 bits per heavy atom. The highest BCUT2D eigenvalue weighted by Gasteiger charge is 2.25. The molecule has 0 radical (unpaired) electrons. The Morgan fingerprint density at radius 3 is 2.56 bits per heavy atom. The largest absolute Gasteiger partial charge is 0.478 e. The monoisotopic (exact) mass is 218 g/mol. The molecule has 0 aliphatic heterocycles. The molecule has 1 aromatic rings. The van der Waals surface area contributed by atoms with Crippen molar-refractivity contribution in [3.8, 4) is 0 Å². The topological polar surface area (TPSA) is 37.3 Å². The lowest BCUT2D eigenvalue weighted by Gasteiger charge is -2.20. The molecule has 1 atom stereocenters. The first-order chi connectivity index (χ1) is 7.70. The van der Waals surface area contributed by atoms with E-state index in [1.54, 1.807) is 12.1 Å². The van der Waals surface area contributed by atoms with Crippen molar-refractivity contribution in [1.82, 2.24) is 0 Å². The summed E-state index contributed by atoms with van der Waals surface area (Å²) < 4.78 is 0. The summed E-state index contributed by atoms with van der Waals surface area (Å²) in [6.07, 6.45) is 5.08. The van der Waals surface area contributed by atoms with Crippen molar-refractivity contribution in [1.29, 1.82) is 0 Å². The number of benzene rings is 1. The molecule has 0 saturated heterocycles. The Hall–Kier alpha value is -1.31. The lowest BCUT2D eigenvalue weighted by atomic mass is 9.84. The van der Waals surface area contributed by atoms with Crippen LogP contribution in [0.25, 0.3) is 0 Å². The van der Waals surface area contributed by atoms with Gasteiger partial charge in [0.2, 0.25) is 0 Å². The molecule has 1 saturated carbocycles. The molecule has 0 bridgehead atoms. The summed E-state index contributed by atoms with van der Waals surface area (Å²) in [6.45, 7) is 2.16. The molecule has 1 fully saturated rings. The molecule has 16 heavy (non-hydrogen) atoms. The van der Waals surface area contributed by atoms with Crippen LogP contribution in [0.15, 0.2) is 24.3 Å². The van der Waals surface area contributed by atoms with Crippen molar-refractivity contribution in [2.75, 3.05) is 0 Å². The zero-order chi connectivity index (χ0) is 11.5. The van der Waals surface area contributed by atoms with Crippen molar-refractivity contribution in [3.05, 3.63) is 35.4 Å². The average molecular weight is 218 g/mol. The smallest absolute Gasteiger partial charge is 0.335 e. The summed E-state index contributed by atoms with van der Waals surface area (Å²) in [6, 6.07) is 7.41. The van der Waals surface area contributed by atoms with Crippen LogP contribution in [0.1, 0.15) is 54.4 Å². The van der Waals surface area contributed by atoms with Crippen molar-refractivity contribution in [2.45, 2.75) is 38.5 Å². The van der Waals surface area contributed by atoms with Crippen LogP contribution >= 0.6 is 0 Å². The van der Waals surface area contributed by atoms with E-state index in [-0.39, 0.29) is 0 Å². The molecular weight excluding hydrogens is 200 g/mol. The van der Waals surface area contributed by atoms with E-state index in [2.05, 4.69) is 6.92 Å². The van der Waals surface area contributed by atoms with Gasteiger partial charge in [0.05, 0.1) is 5.56 Å². The van der Waals surface area contributed by atoms with Crippen molar-refractivity contribution in [3.63, 3.8) is 0 Å². The fraction of sp³-hybridized carbons (Fsp3) is 0.500. The van der Waals surface area contributed by atoms with Crippen LogP contribution in [0, 0.1) is 5.92 Å². The quantitative estimate of drug-likeness (QED) is 0.840. The molecule has 2 heteroatoms. The lowest BCUT2D eigenvalue weighted by molar-refractivity contribution is 0.0694. The standard InChI is InChI=1S/C14H18O2/c1-10(11-6-2-3-7-11)12-8-4-5-9-13(12)14(15)16/h4-5,8-11H,2-3,6-7H2,1H3,(H,15,16). The minimum absolute atomic E-state index is 0.370. The maximum Gasteiger partial charge on any atom is 0.335 e. The summed E-state index contributed by atoms with van der Waals surface area (Å²) in [7, 11) is 0. The maximum absolute atomic E-state index is 11.1. The zero-order valence-electron chi connectivity index (χ0n) is 9.65. The van der Waals surface area contributed by atoms with Crippen LogP contribution < -0.4 is 0 Å². The Bertz CT molecular complexity index is 378. The van der Waals surface area contributed by atoms with E-state index < -0.39 is 5.97 Å². The van der Waals surface area contributed by atoms with Crippen molar-refractivity contribution >= 4 is 5.97 Å². The SMILES string of the molecule is CC(c1ccccc1C(=O)O)C1CCCC1. The third-order valence-electron chi connectivity index (χ3n) is 3.79. The Balaban J connectivity index is 2.27. The van der Waals surface area contributed by atoms with E-state index in [0.717, 1.165) is 5.56 Å². The summed E-state index contributed by atoms with van der Waals surface area (Å²) in [5.41, 5.74) is 1.48. The Labute approximate surface area is 96.3 Å². The fourth-order valence-electron chi connectivity index (χ4n) is 2.80. The molecule has 1 aliphatic carbocycles. The molecule has 1 unspecified atom stereocenters. The first-order valence-electron chi connectivity index (χ1n) is 6.02. The molecule has 0 aromatic heterocycles. The molecule has 0 spiro atoms. The molecule has 2 rings (SSSR count). The summed E-state index contributed by atoms with van der Waals surface area (Å²) in [5.74, 6) is 0.232. The van der Waals surface area contributed by atoms with Gasteiger partial charge in [0.15, 0.2) is 0 Å². The zero-order valence-corrected chi connectivity index (χ0v) is 9.65. The van der Waals surface area contributed by atoms with E-state index in [0.29, 0.717) is 17.4 Å². The van der Waals surface area contributed by atoms with Gasteiger partial charge < -0.3 is 5.11 Å². The number of carboxylic acids is 1. The highest BCUT2D eigenvalue weighted by Crippen LogP contribution is 2.37. The predicted molar refractivity (Wildman–Crippen MR) is 63.8 cm³/mol. The van der Waals surface area contributed by atoms with Crippen LogP contribution in [0.5, 0.6) is 0 Å². The summed E-state index contributed by atoms with van der Waals surface area (Å²) in [4.78, 5) is 11.1. The molecule has 2 nitrogen and oxygen atoms in total. The van der Waals surface area contributed by atoms with Gasteiger partial charge in [-0.1, -0.05) is 38.0 Å². The first-order valence-corrected chi connectivity index (χ1v) is 6.02. The molecule has 1 N–H and O–H groups in total. The van der Waals surface area contributed by atoms with Crippen LogP contribution in [-0.4, -0.2) is 11.1 Å². The summed E-state index contributed by atoms with van der Waals surface area (Å²) in [5, 5.41) is 9.16. The van der Waals surface area contributed by atoms with Crippen LogP contribution in [0.2, 0.25) is 0 Å². The third kappa shape index (κ3) is 2.11. The van der Waals surface area contributed by atoms with Crippen molar-refractivity contribution in [2.24, 2.45) is 5.92 Å². The highest BCUT2D eigenvalue weighted by molar-refractivity contribution is 5.89.